The van der Waals surface area contributed by atoms with Gasteiger partial charge < -0.3 is 15.2 Å². The lowest BCUT2D eigenvalue weighted by Crippen LogP contribution is -2.44. The Morgan fingerprint density at radius 1 is 1.50 bits per heavy atom. The van der Waals surface area contributed by atoms with Crippen molar-refractivity contribution in [1.29, 1.82) is 0 Å². The fourth-order valence-corrected chi connectivity index (χ4v) is 0.762. The molecule has 3 N–H and O–H groups in total. The van der Waals surface area contributed by atoms with Gasteiger partial charge in [0.25, 0.3) is 0 Å². The fourth-order valence-electron chi connectivity index (χ4n) is 0.762. The summed E-state index contributed by atoms with van der Waals surface area (Å²) in [6.45, 7) is 2.25. The third kappa shape index (κ3) is 6.38. The van der Waals surface area contributed by atoms with Gasteiger partial charge in [0.2, 0.25) is 5.91 Å². The molecule has 0 aromatic heterocycles. The van der Waals surface area contributed by atoms with E-state index in [-0.39, 0.29) is 12.5 Å². The largest absolute Gasteiger partial charge is 0.480 e. The van der Waals surface area contributed by atoms with E-state index in [0.29, 0.717) is 13.2 Å². The van der Waals surface area contributed by atoms with Crippen molar-refractivity contribution in [2.45, 2.75) is 13.0 Å². The molecule has 0 heterocycles. The number of carboxylic acid groups (broad SMARTS) is 1. The molecule has 1 atom stereocenters. The maximum atomic E-state index is 11.2. The number of aliphatic carboxylic acids is 1. The second-order valence-corrected chi connectivity index (χ2v) is 2.78. The second-order valence-electron chi connectivity index (χ2n) is 2.78. The van der Waals surface area contributed by atoms with E-state index < -0.39 is 12.0 Å². The predicted molar refractivity (Wildman–Crippen MR) is 50.0 cm³/mol. The van der Waals surface area contributed by atoms with E-state index in [9.17, 15) is 9.59 Å². The van der Waals surface area contributed by atoms with Crippen LogP contribution in [0.5, 0.6) is 0 Å². The lowest BCUT2D eigenvalue weighted by atomic mass is 10.3. The van der Waals surface area contributed by atoms with Crippen LogP contribution in [-0.2, 0) is 14.3 Å². The highest BCUT2D eigenvalue weighted by molar-refractivity contribution is 5.82. The van der Waals surface area contributed by atoms with Crippen LogP contribution in [0.15, 0.2) is 0 Å². The highest BCUT2D eigenvalue weighted by Gasteiger charge is 2.12. The Hall–Kier alpha value is -1.14. The van der Waals surface area contributed by atoms with Gasteiger partial charge >= 0.3 is 5.97 Å². The molecule has 0 radical (unpaired) electrons. The van der Waals surface area contributed by atoms with Crippen LogP contribution < -0.4 is 10.6 Å². The maximum Gasteiger partial charge on any atom is 0.317 e. The van der Waals surface area contributed by atoms with Crippen LogP contribution in [0.3, 0.4) is 0 Å². The van der Waals surface area contributed by atoms with E-state index in [4.69, 9.17) is 9.84 Å². The van der Waals surface area contributed by atoms with Crippen LogP contribution in [0.25, 0.3) is 0 Å². The quantitative estimate of drug-likeness (QED) is 0.454. The predicted octanol–water partition coefficient (Wildman–Crippen LogP) is -1.19. The van der Waals surface area contributed by atoms with Gasteiger partial charge in [-0.05, 0) is 6.92 Å². The Labute approximate surface area is 82.6 Å². The minimum Gasteiger partial charge on any atom is -0.480 e. The SMILES string of the molecule is COCCNC(=O)C(C)NCC(=O)O. The zero-order chi connectivity index (χ0) is 11.0. The third-order valence-corrected chi connectivity index (χ3v) is 1.56. The number of carbonyl (C=O) groups excluding carboxylic acids is 1. The van der Waals surface area contributed by atoms with Gasteiger partial charge in [0, 0.05) is 13.7 Å². The van der Waals surface area contributed by atoms with Crippen molar-refractivity contribution >= 4 is 11.9 Å². The molecule has 0 aliphatic heterocycles. The molecule has 0 saturated heterocycles. The summed E-state index contributed by atoms with van der Waals surface area (Å²) in [5, 5.41) is 13.5. The van der Waals surface area contributed by atoms with Crippen molar-refractivity contribution in [3.8, 4) is 0 Å². The second kappa shape index (κ2) is 7.28. The van der Waals surface area contributed by atoms with Crippen LogP contribution in [0, 0.1) is 0 Å². The summed E-state index contributed by atoms with van der Waals surface area (Å²) in [5.41, 5.74) is 0. The molecule has 6 heteroatoms. The van der Waals surface area contributed by atoms with Gasteiger partial charge in [-0.25, -0.2) is 0 Å². The first-order valence-electron chi connectivity index (χ1n) is 4.29. The number of hydrogen-bond acceptors (Lipinski definition) is 4. The van der Waals surface area contributed by atoms with Gasteiger partial charge in [-0.15, -0.1) is 0 Å². The molecular formula is C8H16N2O4. The Morgan fingerprint density at radius 3 is 2.64 bits per heavy atom. The van der Waals surface area contributed by atoms with E-state index in [1.807, 2.05) is 0 Å². The molecule has 0 rings (SSSR count). The molecule has 0 saturated carbocycles. The Bertz CT molecular complexity index is 196. The van der Waals surface area contributed by atoms with Crippen molar-refractivity contribution < 1.29 is 19.4 Å². The number of amides is 1. The average Bonchev–Trinajstić information content (AvgIpc) is 2.14. The number of carbonyl (C=O) groups is 2. The first kappa shape index (κ1) is 12.9. The molecule has 0 bridgehead atoms. The topological polar surface area (TPSA) is 87.7 Å². The molecule has 0 aliphatic rings. The van der Waals surface area contributed by atoms with E-state index in [0.717, 1.165) is 0 Å². The zero-order valence-corrected chi connectivity index (χ0v) is 8.37. The van der Waals surface area contributed by atoms with Crippen LogP contribution in [0.2, 0.25) is 0 Å². The number of nitrogens with one attached hydrogen (secondary N) is 2. The number of ether oxygens (including phenoxy) is 1. The Balaban J connectivity index is 3.59. The summed E-state index contributed by atoms with van der Waals surface area (Å²) in [7, 11) is 1.54. The Kier molecular flexibility index (Phi) is 6.69. The summed E-state index contributed by atoms with van der Waals surface area (Å²) < 4.78 is 4.74. The molecule has 0 aliphatic carbocycles. The maximum absolute atomic E-state index is 11.2. The smallest absolute Gasteiger partial charge is 0.317 e. The molecule has 82 valence electrons. The lowest BCUT2D eigenvalue weighted by Gasteiger charge is -2.12. The third-order valence-electron chi connectivity index (χ3n) is 1.56. The van der Waals surface area contributed by atoms with Crippen LogP contribution in [0.4, 0.5) is 0 Å². The van der Waals surface area contributed by atoms with Crippen LogP contribution in [0.1, 0.15) is 6.92 Å². The number of hydrogen-bond donors (Lipinski definition) is 3. The van der Waals surface area contributed by atoms with E-state index in [2.05, 4.69) is 10.6 Å². The fraction of sp³-hybridized carbons (Fsp3) is 0.750. The number of rotatable bonds is 7. The van der Waals surface area contributed by atoms with E-state index in [1.54, 1.807) is 6.92 Å². The molecule has 1 unspecified atom stereocenters. The summed E-state index contributed by atoms with van der Waals surface area (Å²) in [6, 6.07) is -0.511. The first-order valence-corrected chi connectivity index (χ1v) is 4.29. The zero-order valence-electron chi connectivity index (χ0n) is 8.37. The molecule has 0 fully saturated rings. The summed E-state index contributed by atoms with van der Waals surface area (Å²) in [5.74, 6) is -1.22. The molecule has 1 amide bonds. The molecule has 0 spiro atoms. The van der Waals surface area contributed by atoms with E-state index in [1.165, 1.54) is 7.11 Å². The molecular weight excluding hydrogens is 188 g/mol. The minimum atomic E-state index is -0.985. The normalized spacial score (nSPS) is 12.1. The standard InChI is InChI=1S/C8H16N2O4/c1-6(10-5-7(11)12)8(13)9-3-4-14-2/h6,10H,3-5H2,1-2H3,(H,9,13)(H,11,12). The number of carboxylic acids is 1. The molecule has 0 aromatic rings. The van der Waals surface area contributed by atoms with Crippen molar-refractivity contribution in [2.24, 2.45) is 0 Å². The van der Waals surface area contributed by atoms with Gasteiger partial charge in [-0.2, -0.15) is 0 Å². The highest BCUT2D eigenvalue weighted by atomic mass is 16.5. The van der Waals surface area contributed by atoms with Gasteiger partial charge in [0.15, 0.2) is 0 Å². The van der Waals surface area contributed by atoms with Crippen LogP contribution in [-0.4, -0.2) is 49.8 Å². The van der Waals surface area contributed by atoms with Gasteiger partial charge in [0.05, 0.1) is 19.2 Å². The minimum absolute atomic E-state index is 0.223. The van der Waals surface area contributed by atoms with Crippen molar-refractivity contribution in [3.05, 3.63) is 0 Å². The molecule has 14 heavy (non-hydrogen) atoms. The summed E-state index contributed by atoms with van der Waals surface area (Å²) in [6.07, 6.45) is 0. The van der Waals surface area contributed by atoms with Gasteiger partial charge in [-0.3, -0.25) is 14.9 Å². The van der Waals surface area contributed by atoms with Crippen molar-refractivity contribution in [3.63, 3.8) is 0 Å². The van der Waals surface area contributed by atoms with Gasteiger partial charge in [-0.1, -0.05) is 0 Å². The molecule has 6 nitrogen and oxygen atoms in total. The average molecular weight is 204 g/mol. The first-order chi connectivity index (χ1) is 6.57. The van der Waals surface area contributed by atoms with Crippen molar-refractivity contribution in [2.75, 3.05) is 26.8 Å². The monoisotopic (exact) mass is 204 g/mol. The Morgan fingerprint density at radius 2 is 2.14 bits per heavy atom. The summed E-state index contributed by atoms with van der Waals surface area (Å²) in [4.78, 5) is 21.4. The lowest BCUT2D eigenvalue weighted by molar-refractivity contribution is -0.136. The molecule has 0 aromatic carbocycles. The van der Waals surface area contributed by atoms with Crippen molar-refractivity contribution in [1.82, 2.24) is 10.6 Å². The van der Waals surface area contributed by atoms with Crippen LogP contribution >= 0.6 is 0 Å². The van der Waals surface area contributed by atoms with Gasteiger partial charge in [0.1, 0.15) is 0 Å². The number of methoxy groups -OCH3 is 1. The summed E-state index contributed by atoms with van der Waals surface area (Å²) >= 11 is 0. The van der Waals surface area contributed by atoms with E-state index >= 15 is 0 Å². The highest BCUT2D eigenvalue weighted by Crippen LogP contribution is 1.81.